The standard InChI is InChI=1S/C23H35N3O3S/c1-18(2)6-7-19-8-10-20(11-9-19)30(28,29)26-16-14-23(15-17-26)24-21(27)22(25-23)12-4-3-5-13-22/h8-11,18,25H,3-7,12-17H2,1-2H3,(H,24,27). The fourth-order valence-corrected chi connectivity index (χ4v) is 6.62. The van der Waals surface area contributed by atoms with E-state index in [0.717, 1.165) is 38.5 Å². The van der Waals surface area contributed by atoms with Gasteiger partial charge in [0.05, 0.1) is 16.1 Å². The third kappa shape index (κ3) is 4.16. The highest BCUT2D eigenvalue weighted by Crippen LogP contribution is 2.38. The second kappa shape index (κ2) is 8.24. The number of sulfonamides is 1. The zero-order chi connectivity index (χ0) is 21.4. The van der Waals surface area contributed by atoms with Crippen molar-refractivity contribution in [2.45, 2.75) is 87.7 Å². The van der Waals surface area contributed by atoms with E-state index in [0.29, 0.717) is 36.7 Å². The van der Waals surface area contributed by atoms with Gasteiger partial charge in [-0.15, -0.1) is 0 Å². The van der Waals surface area contributed by atoms with Gasteiger partial charge in [-0.1, -0.05) is 45.2 Å². The minimum Gasteiger partial charge on any atom is -0.336 e. The molecule has 166 valence electrons. The van der Waals surface area contributed by atoms with Gasteiger partial charge in [0.2, 0.25) is 15.9 Å². The molecule has 2 aliphatic heterocycles. The average molecular weight is 434 g/mol. The maximum Gasteiger partial charge on any atom is 0.243 e. The van der Waals surface area contributed by atoms with Crippen molar-refractivity contribution in [2.24, 2.45) is 5.92 Å². The Kier molecular flexibility index (Phi) is 5.99. The summed E-state index contributed by atoms with van der Waals surface area (Å²) < 4.78 is 27.9. The number of hydrogen-bond acceptors (Lipinski definition) is 4. The van der Waals surface area contributed by atoms with Crippen LogP contribution in [0.4, 0.5) is 0 Å². The lowest BCUT2D eigenvalue weighted by atomic mass is 9.81. The summed E-state index contributed by atoms with van der Waals surface area (Å²) in [6.07, 6.45) is 8.37. The Balaban J connectivity index is 1.40. The Hall–Kier alpha value is -1.44. The second-order valence-electron chi connectivity index (χ2n) is 9.78. The number of rotatable bonds is 5. The number of hydrogen-bond donors (Lipinski definition) is 2. The van der Waals surface area contributed by atoms with Gasteiger partial charge in [-0.2, -0.15) is 4.31 Å². The molecule has 30 heavy (non-hydrogen) atoms. The SMILES string of the molecule is CC(C)CCc1ccc(S(=O)(=O)N2CCC3(CC2)NC(=O)C2(CCCCC2)N3)cc1. The van der Waals surface area contributed by atoms with Gasteiger partial charge in [0, 0.05) is 13.1 Å². The molecule has 3 aliphatic rings. The largest absolute Gasteiger partial charge is 0.336 e. The third-order valence-electron chi connectivity index (χ3n) is 7.12. The van der Waals surface area contributed by atoms with Gasteiger partial charge in [0.15, 0.2) is 0 Å². The molecule has 6 nitrogen and oxygen atoms in total. The van der Waals surface area contributed by atoms with Crippen molar-refractivity contribution in [3.8, 4) is 0 Å². The molecule has 4 rings (SSSR count). The van der Waals surface area contributed by atoms with Crippen LogP contribution in [0.5, 0.6) is 0 Å². The van der Waals surface area contributed by atoms with E-state index in [1.165, 1.54) is 12.0 Å². The van der Waals surface area contributed by atoms with Crippen molar-refractivity contribution < 1.29 is 13.2 Å². The minimum atomic E-state index is -3.51. The topological polar surface area (TPSA) is 78.5 Å². The third-order valence-corrected chi connectivity index (χ3v) is 9.03. The second-order valence-corrected chi connectivity index (χ2v) is 11.7. The van der Waals surface area contributed by atoms with Crippen LogP contribution in [0, 0.1) is 5.92 Å². The summed E-state index contributed by atoms with van der Waals surface area (Å²) in [4.78, 5) is 13.1. The molecule has 7 heteroatoms. The summed E-state index contributed by atoms with van der Waals surface area (Å²) in [5.74, 6) is 0.738. The van der Waals surface area contributed by atoms with Crippen LogP contribution < -0.4 is 10.6 Å². The lowest BCUT2D eigenvalue weighted by molar-refractivity contribution is -0.125. The quantitative estimate of drug-likeness (QED) is 0.748. The maximum absolute atomic E-state index is 13.1. The first-order chi connectivity index (χ1) is 14.2. The zero-order valence-corrected chi connectivity index (χ0v) is 19.1. The van der Waals surface area contributed by atoms with E-state index in [1.807, 2.05) is 12.1 Å². The summed E-state index contributed by atoms with van der Waals surface area (Å²) in [7, 11) is -3.51. The number of benzene rings is 1. The van der Waals surface area contributed by atoms with Crippen LogP contribution in [0.25, 0.3) is 0 Å². The van der Waals surface area contributed by atoms with E-state index in [4.69, 9.17) is 0 Å². The van der Waals surface area contributed by atoms with Crippen LogP contribution in [0.15, 0.2) is 29.2 Å². The Morgan fingerprint density at radius 1 is 1.00 bits per heavy atom. The summed E-state index contributed by atoms with van der Waals surface area (Å²) in [6.45, 7) is 5.22. The van der Waals surface area contributed by atoms with Crippen LogP contribution >= 0.6 is 0 Å². The van der Waals surface area contributed by atoms with Crippen molar-refractivity contribution in [2.75, 3.05) is 13.1 Å². The molecule has 0 unspecified atom stereocenters. The van der Waals surface area contributed by atoms with Crippen molar-refractivity contribution in [3.05, 3.63) is 29.8 Å². The molecule has 0 atom stereocenters. The van der Waals surface area contributed by atoms with Crippen LogP contribution in [0.1, 0.15) is 70.8 Å². The molecule has 2 N–H and O–H groups in total. The summed E-state index contributed by atoms with van der Waals surface area (Å²) >= 11 is 0. The molecule has 2 spiro atoms. The smallest absolute Gasteiger partial charge is 0.243 e. The summed E-state index contributed by atoms with van der Waals surface area (Å²) in [5, 5.41) is 6.83. The lowest BCUT2D eigenvalue weighted by Gasteiger charge is -2.40. The molecule has 0 bridgehead atoms. The molecule has 1 aliphatic carbocycles. The van der Waals surface area contributed by atoms with Gasteiger partial charge in [0.25, 0.3) is 0 Å². The molecule has 1 aromatic carbocycles. The van der Waals surface area contributed by atoms with E-state index in [9.17, 15) is 13.2 Å². The first-order valence-corrected chi connectivity index (χ1v) is 12.9. The molecule has 3 fully saturated rings. The van der Waals surface area contributed by atoms with Crippen LogP contribution in [0.3, 0.4) is 0 Å². The van der Waals surface area contributed by atoms with E-state index >= 15 is 0 Å². The molecular formula is C23H35N3O3S. The molecule has 1 aromatic rings. The van der Waals surface area contributed by atoms with Crippen molar-refractivity contribution in [3.63, 3.8) is 0 Å². The van der Waals surface area contributed by atoms with Crippen LogP contribution in [-0.2, 0) is 21.2 Å². The molecule has 2 heterocycles. The Morgan fingerprint density at radius 2 is 1.63 bits per heavy atom. The van der Waals surface area contributed by atoms with E-state index in [2.05, 4.69) is 24.5 Å². The number of amides is 1. The van der Waals surface area contributed by atoms with Crippen molar-refractivity contribution in [1.82, 2.24) is 14.9 Å². The highest BCUT2D eigenvalue weighted by Gasteiger charge is 2.54. The summed E-state index contributed by atoms with van der Waals surface area (Å²) in [5.41, 5.74) is 0.280. The van der Waals surface area contributed by atoms with Gasteiger partial charge in [-0.05, 0) is 62.1 Å². The molecule has 1 saturated carbocycles. The Bertz CT molecular complexity index is 865. The van der Waals surface area contributed by atoms with E-state index in [-0.39, 0.29) is 5.91 Å². The number of nitrogens with zero attached hydrogens (tertiary/aromatic N) is 1. The average Bonchev–Trinajstić information content (AvgIpc) is 2.98. The number of carbonyl (C=O) groups excluding carboxylic acids is 1. The van der Waals surface area contributed by atoms with Gasteiger partial charge in [-0.3, -0.25) is 10.1 Å². The highest BCUT2D eigenvalue weighted by molar-refractivity contribution is 7.89. The number of piperidine rings is 1. The van der Waals surface area contributed by atoms with Gasteiger partial charge in [-0.25, -0.2) is 8.42 Å². The van der Waals surface area contributed by atoms with Gasteiger partial charge < -0.3 is 5.32 Å². The Labute approximate surface area is 180 Å². The highest BCUT2D eigenvalue weighted by atomic mass is 32.2. The number of aryl methyl sites for hydroxylation is 1. The predicted molar refractivity (Wildman–Crippen MR) is 117 cm³/mol. The molecule has 1 amide bonds. The van der Waals surface area contributed by atoms with Crippen LogP contribution in [-0.4, -0.2) is 42.9 Å². The van der Waals surface area contributed by atoms with Gasteiger partial charge >= 0.3 is 0 Å². The van der Waals surface area contributed by atoms with E-state index in [1.54, 1.807) is 16.4 Å². The molecule has 2 saturated heterocycles. The fourth-order valence-electron chi connectivity index (χ4n) is 5.18. The summed E-state index contributed by atoms with van der Waals surface area (Å²) in [6, 6.07) is 7.35. The fraction of sp³-hybridized carbons (Fsp3) is 0.696. The Morgan fingerprint density at radius 3 is 2.23 bits per heavy atom. The molecular weight excluding hydrogens is 398 g/mol. The van der Waals surface area contributed by atoms with Gasteiger partial charge in [0.1, 0.15) is 0 Å². The first kappa shape index (κ1) is 21.8. The number of nitrogens with one attached hydrogen (secondary N) is 2. The minimum absolute atomic E-state index is 0.107. The normalized spacial score (nSPS) is 23.9. The monoisotopic (exact) mass is 433 g/mol. The molecule has 0 aromatic heterocycles. The van der Waals surface area contributed by atoms with E-state index < -0.39 is 21.2 Å². The maximum atomic E-state index is 13.1. The zero-order valence-electron chi connectivity index (χ0n) is 18.2. The molecule has 0 radical (unpaired) electrons. The number of carbonyl (C=O) groups is 1. The lowest BCUT2D eigenvalue weighted by Crippen LogP contribution is -2.60. The first-order valence-electron chi connectivity index (χ1n) is 11.5. The van der Waals surface area contributed by atoms with Crippen LogP contribution in [0.2, 0.25) is 0 Å². The van der Waals surface area contributed by atoms with Crippen molar-refractivity contribution >= 4 is 15.9 Å². The van der Waals surface area contributed by atoms with Crippen molar-refractivity contribution in [1.29, 1.82) is 0 Å². The predicted octanol–water partition coefficient (Wildman–Crippen LogP) is 3.18.